The first-order valence-electron chi connectivity index (χ1n) is 8.84. The highest BCUT2D eigenvalue weighted by Crippen LogP contribution is 2.31. The number of amides is 1. The molecule has 3 aromatic rings. The van der Waals surface area contributed by atoms with Gasteiger partial charge < -0.3 is 19.3 Å². The predicted molar refractivity (Wildman–Crippen MR) is 99.9 cm³/mol. The molecular formula is C20H16F3N3O5. The van der Waals surface area contributed by atoms with Gasteiger partial charge in [-0.1, -0.05) is 17.3 Å². The summed E-state index contributed by atoms with van der Waals surface area (Å²) in [5, 5.41) is 5.99. The van der Waals surface area contributed by atoms with Gasteiger partial charge in [-0.05, 0) is 36.4 Å². The Morgan fingerprint density at radius 3 is 2.55 bits per heavy atom. The van der Waals surface area contributed by atoms with E-state index in [2.05, 4.69) is 15.5 Å². The van der Waals surface area contributed by atoms with Gasteiger partial charge in [0.15, 0.2) is 6.61 Å². The van der Waals surface area contributed by atoms with E-state index in [-0.39, 0.29) is 17.3 Å². The molecule has 0 spiro atoms. The molecule has 0 aliphatic rings. The zero-order valence-corrected chi connectivity index (χ0v) is 16.1. The number of nitrogens with zero attached hydrogens (tertiary/aromatic N) is 2. The van der Waals surface area contributed by atoms with Crippen LogP contribution in [0.25, 0.3) is 11.4 Å². The van der Waals surface area contributed by atoms with Crippen LogP contribution < -0.4 is 10.1 Å². The highest BCUT2D eigenvalue weighted by Gasteiger charge is 2.30. The number of ether oxygens (including phenoxy) is 2. The molecule has 162 valence electrons. The summed E-state index contributed by atoms with van der Waals surface area (Å²) < 4.78 is 53.3. The molecule has 1 N–H and O–H groups in total. The Balaban J connectivity index is 1.51. The zero-order chi connectivity index (χ0) is 22.4. The molecule has 11 heteroatoms. The standard InChI is InChI=1S/C20H16F3N3O5/c1-29-15-7-5-12(6-8-15)19(28)24-10-17(27)30-11-16-25-18(26-31-16)13-3-2-4-14(9-13)20(21,22)23/h2-9H,10-11H2,1H3,(H,24,28). The number of aromatic nitrogens is 2. The Hall–Kier alpha value is -3.89. The minimum atomic E-state index is -4.51. The maximum atomic E-state index is 12.8. The molecule has 0 bridgehead atoms. The molecule has 2 aromatic carbocycles. The molecule has 0 saturated carbocycles. The lowest BCUT2D eigenvalue weighted by Gasteiger charge is -2.06. The molecule has 0 aliphatic heterocycles. The summed E-state index contributed by atoms with van der Waals surface area (Å²) in [6.45, 7) is -0.803. The maximum Gasteiger partial charge on any atom is 0.416 e. The van der Waals surface area contributed by atoms with Crippen molar-refractivity contribution >= 4 is 11.9 Å². The summed E-state index contributed by atoms with van der Waals surface area (Å²) >= 11 is 0. The molecule has 1 aromatic heterocycles. The van der Waals surface area contributed by atoms with Gasteiger partial charge in [-0.15, -0.1) is 0 Å². The second-order valence-corrected chi connectivity index (χ2v) is 6.16. The van der Waals surface area contributed by atoms with E-state index >= 15 is 0 Å². The zero-order valence-electron chi connectivity index (χ0n) is 16.1. The number of halogens is 3. The Labute approximate surface area is 174 Å². The lowest BCUT2D eigenvalue weighted by Crippen LogP contribution is -2.30. The fourth-order valence-corrected chi connectivity index (χ4v) is 2.46. The van der Waals surface area contributed by atoms with Crippen LogP contribution >= 0.6 is 0 Å². The first-order valence-corrected chi connectivity index (χ1v) is 8.84. The third-order valence-electron chi connectivity index (χ3n) is 4.02. The van der Waals surface area contributed by atoms with Gasteiger partial charge in [0, 0.05) is 11.1 Å². The fraction of sp³-hybridized carbons (Fsp3) is 0.200. The predicted octanol–water partition coefficient (Wildman–Crippen LogP) is 3.24. The van der Waals surface area contributed by atoms with Gasteiger partial charge >= 0.3 is 12.1 Å². The van der Waals surface area contributed by atoms with Gasteiger partial charge in [0.1, 0.15) is 12.3 Å². The van der Waals surface area contributed by atoms with Gasteiger partial charge in [0.25, 0.3) is 11.8 Å². The summed E-state index contributed by atoms with van der Waals surface area (Å²) in [5.74, 6) is -0.850. The number of esters is 1. The minimum Gasteiger partial charge on any atom is -0.497 e. The fourth-order valence-electron chi connectivity index (χ4n) is 2.46. The van der Waals surface area contributed by atoms with Crippen LogP contribution in [0.2, 0.25) is 0 Å². The molecule has 0 aliphatic carbocycles. The molecular weight excluding hydrogens is 419 g/mol. The third kappa shape index (κ3) is 5.81. The molecule has 0 unspecified atom stereocenters. The maximum absolute atomic E-state index is 12.8. The second-order valence-electron chi connectivity index (χ2n) is 6.16. The SMILES string of the molecule is COc1ccc(C(=O)NCC(=O)OCc2nc(-c3cccc(C(F)(F)F)c3)no2)cc1. The van der Waals surface area contributed by atoms with E-state index in [1.165, 1.54) is 31.4 Å². The van der Waals surface area contributed by atoms with E-state index in [1.807, 2.05) is 0 Å². The first-order chi connectivity index (χ1) is 14.8. The van der Waals surface area contributed by atoms with Gasteiger partial charge in [-0.3, -0.25) is 9.59 Å². The van der Waals surface area contributed by atoms with E-state index in [1.54, 1.807) is 12.1 Å². The van der Waals surface area contributed by atoms with E-state index in [0.717, 1.165) is 12.1 Å². The van der Waals surface area contributed by atoms with Crippen LogP contribution in [0.4, 0.5) is 13.2 Å². The Bertz CT molecular complexity index is 1060. The number of carbonyl (C=O) groups is 2. The van der Waals surface area contributed by atoms with Gasteiger partial charge in [0.05, 0.1) is 12.7 Å². The molecule has 8 nitrogen and oxygen atoms in total. The van der Waals surface area contributed by atoms with Crippen molar-refractivity contribution in [1.82, 2.24) is 15.5 Å². The lowest BCUT2D eigenvalue weighted by molar-refractivity contribution is -0.144. The Kier molecular flexibility index (Phi) is 6.53. The van der Waals surface area contributed by atoms with Crippen molar-refractivity contribution in [3.8, 4) is 17.1 Å². The van der Waals surface area contributed by atoms with E-state index in [9.17, 15) is 22.8 Å². The molecule has 0 saturated heterocycles. The van der Waals surface area contributed by atoms with E-state index in [0.29, 0.717) is 11.3 Å². The van der Waals surface area contributed by atoms with E-state index in [4.69, 9.17) is 14.0 Å². The molecule has 1 heterocycles. The number of nitrogens with one attached hydrogen (secondary N) is 1. The van der Waals surface area contributed by atoms with Crippen molar-refractivity contribution < 1.29 is 36.8 Å². The van der Waals surface area contributed by atoms with Crippen LogP contribution in [-0.2, 0) is 22.3 Å². The van der Waals surface area contributed by atoms with Crippen molar-refractivity contribution in [2.45, 2.75) is 12.8 Å². The van der Waals surface area contributed by atoms with Crippen LogP contribution in [0.5, 0.6) is 5.75 Å². The molecule has 31 heavy (non-hydrogen) atoms. The Morgan fingerprint density at radius 1 is 1.13 bits per heavy atom. The number of benzene rings is 2. The molecule has 0 radical (unpaired) electrons. The summed E-state index contributed by atoms with van der Waals surface area (Å²) in [6.07, 6.45) is -4.51. The lowest BCUT2D eigenvalue weighted by atomic mass is 10.1. The van der Waals surface area contributed by atoms with Gasteiger partial charge in [-0.25, -0.2) is 0 Å². The summed E-state index contributed by atoms with van der Waals surface area (Å²) in [6, 6.07) is 10.7. The molecule has 3 rings (SSSR count). The van der Waals surface area contributed by atoms with Crippen LogP contribution in [-0.4, -0.2) is 35.7 Å². The smallest absolute Gasteiger partial charge is 0.416 e. The minimum absolute atomic E-state index is 0.0787. The number of carbonyl (C=O) groups excluding carboxylic acids is 2. The summed E-state index contributed by atoms with van der Waals surface area (Å²) in [7, 11) is 1.50. The topological polar surface area (TPSA) is 104 Å². The van der Waals surface area contributed by atoms with Crippen LogP contribution in [0.15, 0.2) is 53.1 Å². The average Bonchev–Trinajstić information content (AvgIpc) is 3.25. The highest BCUT2D eigenvalue weighted by molar-refractivity contribution is 5.96. The van der Waals surface area contributed by atoms with E-state index < -0.39 is 36.8 Å². The molecule has 0 atom stereocenters. The molecule has 0 fully saturated rings. The van der Waals surface area contributed by atoms with Crippen molar-refractivity contribution in [1.29, 1.82) is 0 Å². The van der Waals surface area contributed by atoms with Crippen LogP contribution in [0.3, 0.4) is 0 Å². The van der Waals surface area contributed by atoms with Crippen LogP contribution in [0, 0.1) is 0 Å². The molecule has 1 amide bonds. The summed E-state index contributed by atoms with van der Waals surface area (Å²) in [4.78, 5) is 27.7. The number of alkyl halides is 3. The summed E-state index contributed by atoms with van der Waals surface area (Å²) in [5.41, 5.74) is -0.422. The van der Waals surface area contributed by atoms with Crippen molar-refractivity contribution in [3.63, 3.8) is 0 Å². The number of methoxy groups -OCH3 is 1. The quantitative estimate of drug-likeness (QED) is 0.568. The Morgan fingerprint density at radius 2 is 1.87 bits per heavy atom. The second kappa shape index (κ2) is 9.28. The third-order valence-corrected chi connectivity index (χ3v) is 4.02. The number of rotatable bonds is 7. The monoisotopic (exact) mass is 435 g/mol. The first kappa shape index (κ1) is 21.8. The average molecular weight is 435 g/mol. The highest BCUT2D eigenvalue weighted by atomic mass is 19.4. The van der Waals surface area contributed by atoms with Crippen molar-refractivity contribution in [2.75, 3.05) is 13.7 Å². The van der Waals surface area contributed by atoms with Gasteiger partial charge in [-0.2, -0.15) is 18.2 Å². The number of hydrogen-bond acceptors (Lipinski definition) is 7. The van der Waals surface area contributed by atoms with Crippen molar-refractivity contribution in [2.24, 2.45) is 0 Å². The van der Waals surface area contributed by atoms with Gasteiger partial charge in [0.2, 0.25) is 5.82 Å². The van der Waals surface area contributed by atoms with Crippen molar-refractivity contribution in [3.05, 3.63) is 65.5 Å². The van der Waals surface area contributed by atoms with Crippen LogP contribution in [0.1, 0.15) is 21.8 Å². The largest absolute Gasteiger partial charge is 0.497 e. The number of hydrogen-bond donors (Lipinski definition) is 1. The normalized spacial score (nSPS) is 11.1.